The summed E-state index contributed by atoms with van der Waals surface area (Å²) in [6.45, 7) is 0.372. The van der Waals surface area contributed by atoms with Gasteiger partial charge >= 0.3 is 5.97 Å². The van der Waals surface area contributed by atoms with E-state index in [9.17, 15) is 9.59 Å². The van der Waals surface area contributed by atoms with Crippen LogP contribution in [0.15, 0.2) is 18.2 Å². The summed E-state index contributed by atoms with van der Waals surface area (Å²) < 4.78 is 0. The molecule has 7 heteroatoms. The van der Waals surface area contributed by atoms with Crippen molar-refractivity contribution in [2.24, 2.45) is 0 Å². The number of benzene rings is 1. The molecule has 1 atom stereocenters. The van der Waals surface area contributed by atoms with E-state index < -0.39 is 12.0 Å². The number of carbonyl (C=O) groups excluding carboxylic acids is 1. The van der Waals surface area contributed by atoms with E-state index in [-0.39, 0.29) is 12.5 Å². The number of carboxylic acids is 1. The fourth-order valence-electron chi connectivity index (χ4n) is 2.31. The van der Waals surface area contributed by atoms with Crippen LogP contribution >= 0.6 is 23.2 Å². The van der Waals surface area contributed by atoms with Crippen LogP contribution in [0.2, 0.25) is 10.0 Å². The molecule has 0 aliphatic carbocycles. The lowest BCUT2D eigenvalue weighted by molar-refractivity contribution is -0.138. The molecule has 1 heterocycles. The fourth-order valence-corrected chi connectivity index (χ4v) is 2.60. The Balaban J connectivity index is 2.14. The smallest absolute Gasteiger partial charge is 0.317 e. The Kier molecular flexibility index (Phi) is 4.52. The van der Waals surface area contributed by atoms with Gasteiger partial charge in [-0.25, -0.2) is 0 Å². The van der Waals surface area contributed by atoms with E-state index in [4.69, 9.17) is 28.3 Å². The molecule has 1 aromatic rings. The van der Waals surface area contributed by atoms with E-state index in [1.54, 1.807) is 35.0 Å². The van der Waals surface area contributed by atoms with Crippen molar-refractivity contribution < 1.29 is 14.7 Å². The van der Waals surface area contributed by atoms with Crippen molar-refractivity contribution in [2.75, 3.05) is 25.0 Å². The van der Waals surface area contributed by atoms with Gasteiger partial charge in [-0.15, -0.1) is 0 Å². The molecule has 1 N–H and O–H groups in total. The zero-order valence-corrected chi connectivity index (χ0v) is 12.4. The molecule has 20 heavy (non-hydrogen) atoms. The van der Waals surface area contributed by atoms with E-state index in [0.29, 0.717) is 28.7 Å². The number of hydrogen-bond donors (Lipinski definition) is 1. The fraction of sp³-hybridized carbons (Fsp3) is 0.385. The molecule has 1 saturated heterocycles. The quantitative estimate of drug-likeness (QED) is 0.924. The summed E-state index contributed by atoms with van der Waals surface area (Å²) in [5, 5.41) is 9.60. The number of likely N-dealkylation sites (N-methyl/N-ethyl adjacent to an activating group) is 1. The zero-order valence-electron chi connectivity index (χ0n) is 10.8. The predicted molar refractivity (Wildman–Crippen MR) is 77.5 cm³/mol. The number of hydrogen-bond acceptors (Lipinski definition) is 3. The average Bonchev–Trinajstić information content (AvgIpc) is 2.74. The van der Waals surface area contributed by atoms with E-state index in [1.807, 2.05) is 0 Å². The van der Waals surface area contributed by atoms with Crippen molar-refractivity contribution >= 4 is 40.8 Å². The molecular formula is C13H14Cl2N2O3. The highest BCUT2D eigenvalue weighted by atomic mass is 35.5. The number of nitrogens with zero attached hydrogens (tertiary/aromatic N) is 2. The van der Waals surface area contributed by atoms with Gasteiger partial charge in [-0.3, -0.25) is 14.5 Å². The number of amides is 1. The van der Waals surface area contributed by atoms with Gasteiger partial charge < -0.3 is 10.0 Å². The van der Waals surface area contributed by atoms with E-state index in [2.05, 4.69) is 0 Å². The van der Waals surface area contributed by atoms with Gasteiger partial charge in [0, 0.05) is 12.2 Å². The Morgan fingerprint density at radius 1 is 1.45 bits per heavy atom. The van der Waals surface area contributed by atoms with Crippen LogP contribution in [0.4, 0.5) is 5.69 Å². The van der Waals surface area contributed by atoms with Crippen LogP contribution in [0.3, 0.4) is 0 Å². The highest BCUT2D eigenvalue weighted by Gasteiger charge is 2.35. The summed E-state index contributed by atoms with van der Waals surface area (Å²) in [7, 11) is 1.63. The maximum absolute atomic E-state index is 12.3. The maximum atomic E-state index is 12.3. The first kappa shape index (κ1) is 15.1. The van der Waals surface area contributed by atoms with Crippen LogP contribution < -0.4 is 4.90 Å². The van der Waals surface area contributed by atoms with Crippen LogP contribution in [-0.4, -0.2) is 48.1 Å². The van der Waals surface area contributed by atoms with Crippen molar-refractivity contribution in [1.82, 2.24) is 4.90 Å². The van der Waals surface area contributed by atoms with E-state index in [1.165, 1.54) is 0 Å². The predicted octanol–water partition coefficient (Wildman–Crippen LogP) is 2.12. The van der Waals surface area contributed by atoms with Crippen LogP contribution in [0.5, 0.6) is 0 Å². The summed E-state index contributed by atoms with van der Waals surface area (Å²) in [6.07, 6.45) is 0.586. The summed E-state index contributed by atoms with van der Waals surface area (Å²) in [5.74, 6) is -1.07. The molecule has 1 aliphatic heterocycles. The van der Waals surface area contributed by atoms with Gasteiger partial charge in [0.25, 0.3) is 0 Å². The first-order valence-electron chi connectivity index (χ1n) is 6.08. The molecule has 1 fully saturated rings. The summed E-state index contributed by atoms with van der Waals surface area (Å²) >= 11 is 11.8. The number of carbonyl (C=O) groups is 2. The molecule has 1 unspecified atom stereocenters. The molecule has 108 valence electrons. The van der Waals surface area contributed by atoms with Crippen LogP contribution in [0, 0.1) is 0 Å². The Morgan fingerprint density at radius 3 is 2.75 bits per heavy atom. The third kappa shape index (κ3) is 3.06. The summed E-state index contributed by atoms with van der Waals surface area (Å²) in [6, 6.07) is 4.59. The maximum Gasteiger partial charge on any atom is 0.317 e. The minimum absolute atomic E-state index is 0.118. The lowest BCUT2D eigenvalue weighted by Gasteiger charge is -2.22. The van der Waals surface area contributed by atoms with Crippen molar-refractivity contribution in [2.45, 2.75) is 12.5 Å². The van der Waals surface area contributed by atoms with E-state index >= 15 is 0 Å². The molecule has 0 spiro atoms. The SMILES string of the molecule is CN(CC(=O)O)C1CCN(c2ccc(Cl)c(Cl)c2)C1=O. The average molecular weight is 317 g/mol. The third-order valence-electron chi connectivity index (χ3n) is 3.31. The van der Waals surface area contributed by atoms with Gasteiger partial charge in [0.2, 0.25) is 5.91 Å². The minimum Gasteiger partial charge on any atom is -0.480 e. The third-order valence-corrected chi connectivity index (χ3v) is 4.05. The topological polar surface area (TPSA) is 60.9 Å². The van der Waals surface area contributed by atoms with Gasteiger partial charge in [-0.1, -0.05) is 23.2 Å². The van der Waals surface area contributed by atoms with Gasteiger partial charge in [0.1, 0.15) is 0 Å². The molecule has 0 aromatic heterocycles. The molecule has 5 nitrogen and oxygen atoms in total. The van der Waals surface area contributed by atoms with Crippen molar-refractivity contribution in [3.05, 3.63) is 28.2 Å². The molecule has 1 amide bonds. The second-order valence-electron chi connectivity index (χ2n) is 4.70. The number of aliphatic carboxylic acids is 1. The number of rotatable bonds is 4. The highest BCUT2D eigenvalue weighted by molar-refractivity contribution is 6.42. The van der Waals surface area contributed by atoms with Crippen molar-refractivity contribution in [3.8, 4) is 0 Å². The summed E-state index contributed by atoms with van der Waals surface area (Å²) in [4.78, 5) is 26.2. The van der Waals surface area contributed by atoms with Gasteiger partial charge in [-0.2, -0.15) is 0 Å². The Labute approximate surface area is 126 Å². The Bertz CT molecular complexity index is 550. The molecule has 0 radical (unpaired) electrons. The van der Waals surface area contributed by atoms with Crippen LogP contribution in [-0.2, 0) is 9.59 Å². The molecule has 2 rings (SSSR count). The number of halogens is 2. The number of carboxylic acid groups (broad SMARTS) is 1. The Hall–Kier alpha value is -1.30. The molecule has 1 aromatic carbocycles. The highest BCUT2D eigenvalue weighted by Crippen LogP contribution is 2.30. The van der Waals surface area contributed by atoms with Crippen LogP contribution in [0.1, 0.15) is 6.42 Å². The second-order valence-corrected chi connectivity index (χ2v) is 5.52. The van der Waals surface area contributed by atoms with Crippen molar-refractivity contribution in [3.63, 3.8) is 0 Å². The minimum atomic E-state index is -0.951. The zero-order chi connectivity index (χ0) is 14.9. The number of anilines is 1. The summed E-state index contributed by atoms with van der Waals surface area (Å²) in [5.41, 5.74) is 0.677. The lowest BCUT2D eigenvalue weighted by Crippen LogP contribution is -2.42. The van der Waals surface area contributed by atoms with Crippen molar-refractivity contribution in [1.29, 1.82) is 0 Å². The molecule has 0 saturated carbocycles. The molecule has 0 bridgehead atoms. The first-order chi connectivity index (χ1) is 9.40. The second kappa shape index (κ2) is 5.99. The normalized spacial score (nSPS) is 18.9. The van der Waals surface area contributed by atoms with Gasteiger partial charge in [0.15, 0.2) is 0 Å². The lowest BCUT2D eigenvalue weighted by atomic mass is 10.2. The largest absolute Gasteiger partial charge is 0.480 e. The van der Waals surface area contributed by atoms with E-state index in [0.717, 1.165) is 0 Å². The van der Waals surface area contributed by atoms with Gasteiger partial charge in [-0.05, 0) is 31.7 Å². The van der Waals surface area contributed by atoms with Gasteiger partial charge in [0.05, 0.1) is 22.6 Å². The standard InChI is InChI=1S/C13H14Cl2N2O3/c1-16(7-12(18)19)11-4-5-17(13(11)20)8-2-3-9(14)10(15)6-8/h2-3,6,11H,4-5,7H2,1H3,(H,18,19). The van der Waals surface area contributed by atoms with Crippen LogP contribution in [0.25, 0.3) is 0 Å². The first-order valence-corrected chi connectivity index (χ1v) is 6.84. The molecule has 1 aliphatic rings. The Morgan fingerprint density at radius 2 is 2.15 bits per heavy atom. The molecular weight excluding hydrogens is 303 g/mol. The monoisotopic (exact) mass is 316 g/mol.